The predicted molar refractivity (Wildman–Crippen MR) is 70.7 cm³/mol. The molecule has 0 atom stereocenters. The molecule has 0 spiro atoms. The zero-order valence-corrected chi connectivity index (χ0v) is 11.5. The highest BCUT2D eigenvalue weighted by Crippen LogP contribution is 2.34. The number of ether oxygens (including phenoxy) is 2. The van der Waals surface area contributed by atoms with Gasteiger partial charge in [-0.05, 0) is 14.1 Å². The predicted octanol–water partition coefficient (Wildman–Crippen LogP) is 1.24. The van der Waals surface area contributed by atoms with Crippen LogP contribution in [0.3, 0.4) is 0 Å². The summed E-state index contributed by atoms with van der Waals surface area (Å²) in [6.45, 7) is 0.907. The molecule has 0 unspecified atom stereocenters. The van der Waals surface area contributed by atoms with Gasteiger partial charge in [-0.1, -0.05) is 0 Å². The van der Waals surface area contributed by atoms with E-state index in [2.05, 4.69) is 0 Å². The standard InChI is InChI=1S/C12H16N2O6/c1-13(2)4-5-20-11-7-9(14(17)18)8(12(15)16)6-10(11)19-3/h6-7H,4-5H2,1-3H3,(H,15,16). The lowest BCUT2D eigenvalue weighted by Gasteiger charge is -2.14. The van der Waals surface area contributed by atoms with Crippen LogP contribution in [0.1, 0.15) is 10.4 Å². The maximum Gasteiger partial charge on any atom is 0.342 e. The maximum absolute atomic E-state index is 11.0. The molecule has 0 heterocycles. The van der Waals surface area contributed by atoms with Gasteiger partial charge in [0.25, 0.3) is 5.69 Å². The van der Waals surface area contributed by atoms with Gasteiger partial charge in [-0.15, -0.1) is 0 Å². The lowest BCUT2D eigenvalue weighted by molar-refractivity contribution is -0.385. The number of hydrogen-bond acceptors (Lipinski definition) is 6. The van der Waals surface area contributed by atoms with Crippen molar-refractivity contribution in [1.82, 2.24) is 4.90 Å². The van der Waals surface area contributed by atoms with Crippen LogP contribution in [0.15, 0.2) is 12.1 Å². The lowest BCUT2D eigenvalue weighted by atomic mass is 10.1. The molecule has 0 saturated heterocycles. The van der Waals surface area contributed by atoms with Gasteiger partial charge in [0.15, 0.2) is 11.5 Å². The molecule has 0 saturated carbocycles. The lowest BCUT2D eigenvalue weighted by Crippen LogP contribution is -2.19. The van der Waals surface area contributed by atoms with Crippen molar-refractivity contribution in [3.8, 4) is 11.5 Å². The highest BCUT2D eigenvalue weighted by molar-refractivity contribution is 5.93. The number of carboxylic acid groups (broad SMARTS) is 1. The Morgan fingerprint density at radius 2 is 2.05 bits per heavy atom. The van der Waals surface area contributed by atoms with Gasteiger partial charge in [0.05, 0.1) is 18.1 Å². The molecular formula is C12H16N2O6. The summed E-state index contributed by atoms with van der Waals surface area (Å²) in [7, 11) is 5.05. The van der Waals surface area contributed by atoms with Gasteiger partial charge >= 0.3 is 5.97 Å². The van der Waals surface area contributed by atoms with Gasteiger partial charge < -0.3 is 19.5 Å². The van der Waals surface area contributed by atoms with E-state index in [1.165, 1.54) is 7.11 Å². The SMILES string of the molecule is COc1cc(C(=O)O)c([N+](=O)[O-])cc1OCCN(C)C. The van der Waals surface area contributed by atoms with Gasteiger partial charge in [0.1, 0.15) is 12.2 Å². The van der Waals surface area contributed by atoms with E-state index in [1.807, 2.05) is 19.0 Å². The number of carboxylic acids is 1. The molecule has 0 radical (unpaired) electrons. The Bertz CT molecular complexity index is 515. The Hall–Kier alpha value is -2.35. The second-order valence-corrected chi connectivity index (χ2v) is 4.23. The topological polar surface area (TPSA) is 102 Å². The number of nitro groups is 1. The van der Waals surface area contributed by atoms with E-state index in [9.17, 15) is 14.9 Å². The first kappa shape index (κ1) is 15.7. The quantitative estimate of drug-likeness (QED) is 0.593. The number of hydrogen-bond donors (Lipinski definition) is 1. The average molecular weight is 284 g/mol. The molecule has 0 aromatic heterocycles. The minimum atomic E-state index is -1.39. The summed E-state index contributed by atoms with van der Waals surface area (Å²) in [5, 5.41) is 19.9. The van der Waals surface area contributed by atoms with Crippen molar-refractivity contribution in [2.45, 2.75) is 0 Å². The summed E-state index contributed by atoms with van der Waals surface area (Å²) in [6, 6.07) is 2.16. The zero-order valence-electron chi connectivity index (χ0n) is 11.5. The molecule has 1 rings (SSSR count). The first-order chi connectivity index (χ1) is 9.36. The van der Waals surface area contributed by atoms with E-state index in [1.54, 1.807) is 0 Å². The zero-order chi connectivity index (χ0) is 15.3. The summed E-state index contributed by atoms with van der Waals surface area (Å²) < 4.78 is 10.4. The fraction of sp³-hybridized carbons (Fsp3) is 0.417. The van der Waals surface area contributed by atoms with E-state index in [0.29, 0.717) is 13.2 Å². The molecule has 8 nitrogen and oxygen atoms in total. The van der Waals surface area contributed by atoms with Gasteiger partial charge in [-0.2, -0.15) is 0 Å². The average Bonchev–Trinajstić information content (AvgIpc) is 2.37. The third-order valence-electron chi connectivity index (χ3n) is 2.51. The summed E-state index contributed by atoms with van der Waals surface area (Å²) >= 11 is 0. The van der Waals surface area contributed by atoms with Crippen LogP contribution in [0.2, 0.25) is 0 Å². The highest BCUT2D eigenvalue weighted by atomic mass is 16.6. The van der Waals surface area contributed by atoms with Crippen LogP contribution in [-0.2, 0) is 0 Å². The van der Waals surface area contributed by atoms with Crippen molar-refractivity contribution in [2.24, 2.45) is 0 Å². The third kappa shape index (κ3) is 3.82. The molecule has 0 fully saturated rings. The molecule has 1 aromatic carbocycles. The molecule has 1 N–H and O–H groups in total. The van der Waals surface area contributed by atoms with Crippen LogP contribution < -0.4 is 9.47 Å². The largest absolute Gasteiger partial charge is 0.493 e. The number of nitrogens with zero attached hydrogens (tertiary/aromatic N) is 2. The van der Waals surface area contributed by atoms with Crippen molar-refractivity contribution >= 4 is 11.7 Å². The minimum absolute atomic E-state index is 0.144. The van der Waals surface area contributed by atoms with Crippen LogP contribution in [0.5, 0.6) is 11.5 Å². The fourth-order valence-corrected chi connectivity index (χ4v) is 1.48. The molecule has 1 aromatic rings. The van der Waals surface area contributed by atoms with Crippen LogP contribution in [0, 0.1) is 10.1 Å². The molecule has 0 aliphatic rings. The number of rotatable bonds is 7. The summed E-state index contributed by atoms with van der Waals surface area (Å²) in [6.07, 6.45) is 0. The molecule has 8 heteroatoms. The second-order valence-electron chi connectivity index (χ2n) is 4.23. The van der Waals surface area contributed by atoms with Crippen molar-refractivity contribution < 1.29 is 24.3 Å². The van der Waals surface area contributed by atoms with Crippen molar-refractivity contribution in [3.63, 3.8) is 0 Å². The van der Waals surface area contributed by atoms with Crippen LogP contribution >= 0.6 is 0 Å². The summed E-state index contributed by atoms with van der Waals surface area (Å²) in [5.41, 5.74) is -0.968. The monoisotopic (exact) mass is 284 g/mol. The molecule has 20 heavy (non-hydrogen) atoms. The van der Waals surface area contributed by atoms with E-state index in [-0.39, 0.29) is 11.5 Å². The minimum Gasteiger partial charge on any atom is -0.493 e. The molecule has 110 valence electrons. The smallest absolute Gasteiger partial charge is 0.342 e. The Morgan fingerprint density at radius 1 is 1.40 bits per heavy atom. The van der Waals surface area contributed by atoms with Crippen LogP contribution in [0.4, 0.5) is 5.69 Å². The number of aromatic carboxylic acids is 1. The van der Waals surface area contributed by atoms with Gasteiger partial charge in [-0.3, -0.25) is 10.1 Å². The summed E-state index contributed by atoms with van der Waals surface area (Å²) in [4.78, 5) is 23.0. The number of carbonyl (C=O) groups is 1. The number of methoxy groups -OCH3 is 1. The van der Waals surface area contributed by atoms with Crippen LogP contribution in [0.25, 0.3) is 0 Å². The molecule has 0 aliphatic heterocycles. The fourth-order valence-electron chi connectivity index (χ4n) is 1.48. The van der Waals surface area contributed by atoms with Crippen LogP contribution in [-0.4, -0.2) is 55.3 Å². The van der Waals surface area contributed by atoms with E-state index < -0.39 is 22.1 Å². The molecule has 0 bridgehead atoms. The Balaban J connectivity index is 3.13. The number of nitro benzene ring substituents is 1. The first-order valence-electron chi connectivity index (χ1n) is 5.74. The van der Waals surface area contributed by atoms with E-state index in [0.717, 1.165) is 12.1 Å². The van der Waals surface area contributed by atoms with Crippen molar-refractivity contribution in [1.29, 1.82) is 0 Å². The third-order valence-corrected chi connectivity index (χ3v) is 2.51. The summed E-state index contributed by atoms with van der Waals surface area (Å²) in [5.74, 6) is -1.10. The molecule has 0 amide bonds. The normalized spacial score (nSPS) is 10.4. The van der Waals surface area contributed by atoms with Gasteiger partial charge in [0, 0.05) is 12.6 Å². The number of likely N-dealkylation sites (N-methyl/N-ethyl adjacent to an activating group) is 1. The van der Waals surface area contributed by atoms with E-state index in [4.69, 9.17) is 14.6 Å². The Kier molecular flexibility index (Phi) is 5.27. The van der Waals surface area contributed by atoms with Gasteiger partial charge in [0.2, 0.25) is 0 Å². The molecule has 0 aliphatic carbocycles. The van der Waals surface area contributed by atoms with Crippen molar-refractivity contribution in [3.05, 3.63) is 27.8 Å². The highest BCUT2D eigenvalue weighted by Gasteiger charge is 2.24. The van der Waals surface area contributed by atoms with E-state index >= 15 is 0 Å². The molecular weight excluding hydrogens is 268 g/mol. The van der Waals surface area contributed by atoms with Gasteiger partial charge in [-0.25, -0.2) is 4.79 Å². The first-order valence-corrected chi connectivity index (χ1v) is 5.74. The second kappa shape index (κ2) is 6.71. The number of benzene rings is 1. The Labute approximate surface area is 115 Å². The Morgan fingerprint density at radius 3 is 2.50 bits per heavy atom. The maximum atomic E-state index is 11.0. The van der Waals surface area contributed by atoms with Crippen molar-refractivity contribution in [2.75, 3.05) is 34.4 Å².